The Bertz CT molecular complexity index is 473. The number of carbonyl (C=O) groups excluding carboxylic acids is 1. The fourth-order valence-corrected chi connectivity index (χ4v) is 2.28. The summed E-state index contributed by atoms with van der Waals surface area (Å²) in [4.78, 5) is 11.3. The van der Waals surface area contributed by atoms with Gasteiger partial charge in [0.25, 0.3) is 0 Å². The van der Waals surface area contributed by atoms with Crippen molar-refractivity contribution in [1.82, 2.24) is 0 Å². The van der Waals surface area contributed by atoms with Crippen molar-refractivity contribution >= 4 is 33.4 Å². The van der Waals surface area contributed by atoms with Crippen LogP contribution >= 0.6 is 11.3 Å². The first-order valence-electron chi connectivity index (χ1n) is 3.96. The number of benzene rings is 1. The van der Waals surface area contributed by atoms with Crippen LogP contribution in [0.4, 0.5) is 5.69 Å². The van der Waals surface area contributed by atoms with Crippen molar-refractivity contribution in [3.8, 4) is 0 Å². The summed E-state index contributed by atoms with van der Waals surface area (Å²) in [5, 5.41) is 1.09. The molecule has 2 N–H and O–H groups in total. The van der Waals surface area contributed by atoms with E-state index in [1.807, 2.05) is 25.1 Å². The van der Waals surface area contributed by atoms with Crippen LogP contribution in [0, 0.1) is 6.92 Å². The number of rotatable bonds is 1. The zero-order valence-electron chi connectivity index (χ0n) is 7.20. The van der Waals surface area contributed by atoms with E-state index in [9.17, 15) is 4.79 Å². The molecule has 0 spiro atoms. The highest BCUT2D eigenvalue weighted by molar-refractivity contribution is 7.20. The topological polar surface area (TPSA) is 43.1 Å². The average Bonchev–Trinajstić information content (AvgIpc) is 2.55. The first kappa shape index (κ1) is 8.26. The number of hydrogen-bond donors (Lipinski definition) is 1. The molecule has 2 nitrogen and oxygen atoms in total. The summed E-state index contributed by atoms with van der Waals surface area (Å²) in [6, 6.07) is 5.72. The number of anilines is 1. The second kappa shape index (κ2) is 2.85. The molecule has 0 bridgehead atoms. The van der Waals surface area contributed by atoms with Gasteiger partial charge in [0.1, 0.15) is 0 Å². The molecule has 0 aliphatic rings. The number of nitrogens with two attached hydrogens (primary N) is 1. The maximum atomic E-state index is 10.6. The predicted octanol–water partition coefficient (Wildman–Crippen LogP) is 2.60. The Balaban J connectivity index is 2.83. The number of nitrogen functional groups attached to an aromatic ring is 1. The van der Waals surface area contributed by atoms with Gasteiger partial charge in [0.15, 0.2) is 6.29 Å². The van der Waals surface area contributed by atoms with Gasteiger partial charge >= 0.3 is 0 Å². The van der Waals surface area contributed by atoms with Crippen LogP contribution < -0.4 is 5.73 Å². The number of fused-ring (bicyclic) bond motifs is 1. The smallest absolute Gasteiger partial charge is 0.160 e. The van der Waals surface area contributed by atoms with Crippen LogP contribution in [0.1, 0.15) is 15.2 Å². The minimum absolute atomic E-state index is 0.753. The summed E-state index contributed by atoms with van der Waals surface area (Å²) in [7, 11) is 0. The van der Waals surface area contributed by atoms with Gasteiger partial charge in [0.2, 0.25) is 0 Å². The molecular formula is C10H9NOS. The van der Waals surface area contributed by atoms with Crippen molar-refractivity contribution in [2.45, 2.75) is 6.92 Å². The molecule has 0 aliphatic carbocycles. The SMILES string of the molecule is Cc1c(N)ccc2sc(C=O)cc12. The molecule has 3 heteroatoms. The molecule has 1 heterocycles. The van der Waals surface area contributed by atoms with Gasteiger partial charge in [-0.25, -0.2) is 0 Å². The Morgan fingerprint density at radius 2 is 2.23 bits per heavy atom. The fraction of sp³-hybridized carbons (Fsp3) is 0.100. The van der Waals surface area contributed by atoms with Crippen LogP contribution in [-0.4, -0.2) is 6.29 Å². The first-order valence-corrected chi connectivity index (χ1v) is 4.78. The lowest BCUT2D eigenvalue weighted by Crippen LogP contribution is -1.87. The second-order valence-corrected chi connectivity index (χ2v) is 4.07. The number of aryl methyl sites for hydroxylation is 1. The van der Waals surface area contributed by atoms with E-state index in [-0.39, 0.29) is 0 Å². The van der Waals surface area contributed by atoms with E-state index in [0.717, 1.165) is 32.5 Å². The van der Waals surface area contributed by atoms with Gasteiger partial charge in [0.05, 0.1) is 4.88 Å². The summed E-state index contributed by atoms with van der Waals surface area (Å²) < 4.78 is 1.12. The van der Waals surface area contributed by atoms with Gasteiger partial charge in [0, 0.05) is 10.4 Å². The third-order valence-corrected chi connectivity index (χ3v) is 3.17. The standard InChI is InChI=1S/C10H9NOS/c1-6-8-4-7(5-12)13-10(8)3-2-9(6)11/h2-5H,11H2,1H3. The highest BCUT2D eigenvalue weighted by atomic mass is 32.1. The van der Waals surface area contributed by atoms with Gasteiger partial charge in [-0.2, -0.15) is 0 Å². The van der Waals surface area contributed by atoms with E-state index >= 15 is 0 Å². The van der Waals surface area contributed by atoms with Crippen molar-refractivity contribution in [3.05, 3.63) is 28.6 Å². The third-order valence-electron chi connectivity index (χ3n) is 2.15. The molecule has 0 aliphatic heterocycles. The largest absolute Gasteiger partial charge is 0.398 e. The van der Waals surface area contributed by atoms with E-state index in [4.69, 9.17) is 5.73 Å². The van der Waals surface area contributed by atoms with Crippen molar-refractivity contribution in [2.24, 2.45) is 0 Å². The number of carbonyl (C=O) groups is 1. The predicted molar refractivity (Wildman–Crippen MR) is 56.4 cm³/mol. The second-order valence-electron chi connectivity index (χ2n) is 2.96. The molecule has 2 rings (SSSR count). The molecule has 0 radical (unpaired) electrons. The van der Waals surface area contributed by atoms with Crippen molar-refractivity contribution in [3.63, 3.8) is 0 Å². The van der Waals surface area contributed by atoms with Crippen molar-refractivity contribution < 1.29 is 4.79 Å². The van der Waals surface area contributed by atoms with E-state index in [1.54, 1.807) is 0 Å². The molecule has 0 unspecified atom stereocenters. The van der Waals surface area contributed by atoms with Crippen molar-refractivity contribution in [2.75, 3.05) is 5.73 Å². The Morgan fingerprint density at radius 3 is 2.92 bits per heavy atom. The molecule has 2 aromatic rings. The van der Waals surface area contributed by atoms with Crippen LogP contribution in [0.3, 0.4) is 0 Å². The number of hydrogen-bond acceptors (Lipinski definition) is 3. The molecule has 0 atom stereocenters. The Labute approximate surface area is 80.0 Å². The Hall–Kier alpha value is -1.35. The van der Waals surface area contributed by atoms with Crippen LogP contribution in [-0.2, 0) is 0 Å². The van der Waals surface area contributed by atoms with Crippen LogP contribution in [0.2, 0.25) is 0 Å². The molecule has 13 heavy (non-hydrogen) atoms. The minimum Gasteiger partial charge on any atom is -0.398 e. The molecule has 0 fully saturated rings. The zero-order valence-corrected chi connectivity index (χ0v) is 8.02. The number of aldehydes is 1. The molecule has 66 valence electrons. The average molecular weight is 191 g/mol. The quantitative estimate of drug-likeness (QED) is 0.556. The maximum Gasteiger partial charge on any atom is 0.160 e. The lowest BCUT2D eigenvalue weighted by atomic mass is 10.1. The van der Waals surface area contributed by atoms with Crippen LogP contribution in [0.15, 0.2) is 18.2 Å². The highest BCUT2D eigenvalue weighted by Crippen LogP contribution is 2.29. The van der Waals surface area contributed by atoms with Gasteiger partial charge < -0.3 is 5.73 Å². The normalized spacial score (nSPS) is 10.5. The van der Waals surface area contributed by atoms with Crippen molar-refractivity contribution in [1.29, 1.82) is 0 Å². The Morgan fingerprint density at radius 1 is 1.46 bits per heavy atom. The highest BCUT2D eigenvalue weighted by Gasteiger charge is 2.04. The van der Waals surface area contributed by atoms with E-state index in [2.05, 4.69) is 0 Å². The molecule has 0 amide bonds. The van der Waals surface area contributed by atoms with Crippen LogP contribution in [0.25, 0.3) is 10.1 Å². The molecule has 0 saturated heterocycles. The van der Waals surface area contributed by atoms with Crippen LogP contribution in [0.5, 0.6) is 0 Å². The monoisotopic (exact) mass is 191 g/mol. The summed E-state index contributed by atoms with van der Waals surface area (Å²) in [6.07, 6.45) is 0.875. The maximum absolute atomic E-state index is 10.6. The molecule has 1 aromatic heterocycles. The van der Waals surface area contributed by atoms with Gasteiger partial charge in [-0.15, -0.1) is 11.3 Å². The van der Waals surface area contributed by atoms with E-state index in [0.29, 0.717) is 0 Å². The number of thiophene rings is 1. The van der Waals surface area contributed by atoms with Gasteiger partial charge in [-0.05, 0) is 36.1 Å². The van der Waals surface area contributed by atoms with Gasteiger partial charge in [-0.3, -0.25) is 4.79 Å². The zero-order chi connectivity index (χ0) is 9.42. The lowest BCUT2D eigenvalue weighted by molar-refractivity contribution is 0.112. The lowest BCUT2D eigenvalue weighted by Gasteiger charge is -1.99. The van der Waals surface area contributed by atoms with E-state index < -0.39 is 0 Å². The van der Waals surface area contributed by atoms with Gasteiger partial charge in [-0.1, -0.05) is 0 Å². The molecular weight excluding hydrogens is 182 g/mol. The van der Waals surface area contributed by atoms with E-state index in [1.165, 1.54) is 11.3 Å². The first-order chi connectivity index (χ1) is 6.22. The Kier molecular flexibility index (Phi) is 1.81. The summed E-state index contributed by atoms with van der Waals surface area (Å²) in [5.74, 6) is 0. The summed E-state index contributed by atoms with van der Waals surface area (Å²) >= 11 is 1.50. The third kappa shape index (κ3) is 1.21. The minimum atomic E-state index is 0.753. The summed E-state index contributed by atoms with van der Waals surface area (Å²) in [5.41, 5.74) is 7.59. The molecule has 0 saturated carbocycles. The fourth-order valence-electron chi connectivity index (χ4n) is 1.35. The summed E-state index contributed by atoms with van der Waals surface area (Å²) in [6.45, 7) is 1.97. The molecule has 1 aromatic carbocycles.